The molecule has 4 rings (SSSR count). The second kappa shape index (κ2) is 5.63. The Labute approximate surface area is 137 Å². The average Bonchev–Trinajstić information content (AvgIpc) is 3.23. The molecule has 0 aliphatic carbocycles. The normalized spacial score (nSPS) is 18.2. The zero-order valence-electron chi connectivity index (χ0n) is 13.3. The van der Waals surface area contributed by atoms with Crippen molar-refractivity contribution >= 4 is 17.1 Å². The number of aromatic nitrogens is 4. The predicted octanol–water partition coefficient (Wildman–Crippen LogP) is 1.20. The van der Waals surface area contributed by atoms with E-state index in [2.05, 4.69) is 9.97 Å². The fourth-order valence-electron chi connectivity index (χ4n) is 3.33. The molecule has 1 aliphatic heterocycles. The molecule has 0 saturated carbocycles. The van der Waals surface area contributed by atoms with Crippen molar-refractivity contribution in [2.75, 3.05) is 13.1 Å². The van der Waals surface area contributed by atoms with Gasteiger partial charge in [-0.15, -0.1) is 0 Å². The standard InChI is InChI=1S/C16H17N5O3/c1-19-12-8-17-10-18-14(12)21(16(19)23)11-4-2-6-20(9-11)15(22)13-5-3-7-24-13/h3,5,7-8,10-11H,2,4,6,9H2,1H3. The number of amides is 1. The number of rotatable bonds is 2. The van der Waals surface area contributed by atoms with E-state index in [1.54, 1.807) is 39.4 Å². The minimum absolute atomic E-state index is 0.108. The van der Waals surface area contributed by atoms with Crippen LogP contribution in [0, 0.1) is 0 Å². The van der Waals surface area contributed by atoms with E-state index in [0.717, 1.165) is 12.8 Å². The number of carbonyl (C=O) groups excluding carboxylic acids is 1. The number of aryl methyl sites for hydroxylation is 1. The van der Waals surface area contributed by atoms with Crippen molar-refractivity contribution in [1.82, 2.24) is 24.0 Å². The summed E-state index contributed by atoms with van der Waals surface area (Å²) in [5.41, 5.74) is 1.16. The Bertz CT molecular complexity index is 940. The maximum Gasteiger partial charge on any atom is 0.330 e. The lowest BCUT2D eigenvalue weighted by Crippen LogP contribution is -2.42. The summed E-state index contributed by atoms with van der Waals surface area (Å²) < 4.78 is 8.43. The third-order valence-electron chi connectivity index (χ3n) is 4.54. The number of imidazole rings is 1. The highest BCUT2D eigenvalue weighted by Gasteiger charge is 2.29. The lowest BCUT2D eigenvalue weighted by atomic mass is 10.1. The molecule has 8 nitrogen and oxygen atoms in total. The minimum atomic E-state index is -0.146. The molecule has 1 amide bonds. The number of nitrogens with zero attached hydrogens (tertiary/aromatic N) is 5. The van der Waals surface area contributed by atoms with Crippen LogP contribution in [0.1, 0.15) is 29.4 Å². The number of hydrogen-bond donors (Lipinski definition) is 0. The number of furan rings is 1. The van der Waals surface area contributed by atoms with Crippen molar-refractivity contribution < 1.29 is 9.21 Å². The number of fused-ring (bicyclic) bond motifs is 1. The van der Waals surface area contributed by atoms with Crippen LogP contribution in [0.5, 0.6) is 0 Å². The summed E-state index contributed by atoms with van der Waals surface area (Å²) in [5.74, 6) is 0.177. The molecule has 3 aromatic rings. The van der Waals surface area contributed by atoms with Gasteiger partial charge < -0.3 is 9.32 Å². The minimum Gasteiger partial charge on any atom is -0.459 e. The maximum atomic E-state index is 12.6. The van der Waals surface area contributed by atoms with Gasteiger partial charge in [0.2, 0.25) is 0 Å². The van der Waals surface area contributed by atoms with Gasteiger partial charge in [0.05, 0.1) is 18.5 Å². The first kappa shape index (κ1) is 14.7. The molecule has 124 valence electrons. The van der Waals surface area contributed by atoms with E-state index < -0.39 is 0 Å². The van der Waals surface area contributed by atoms with Crippen molar-refractivity contribution in [3.63, 3.8) is 0 Å². The molecule has 8 heteroatoms. The van der Waals surface area contributed by atoms with Gasteiger partial charge in [-0.3, -0.25) is 13.9 Å². The molecule has 0 aromatic carbocycles. The summed E-state index contributed by atoms with van der Waals surface area (Å²) in [6.45, 7) is 1.12. The van der Waals surface area contributed by atoms with Gasteiger partial charge >= 0.3 is 5.69 Å². The number of carbonyl (C=O) groups is 1. The molecule has 24 heavy (non-hydrogen) atoms. The molecular weight excluding hydrogens is 310 g/mol. The van der Waals surface area contributed by atoms with Crippen LogP contribution in [0.15, 0.2) is 40.1 Å². The largest absolute Gasteiger partial charge is 0.459 e. The first-order valence-electron chi connectivity index (χ1n) is 7.86. The van der Waals surface area contributed by atoms with Crippen LogP contribution in [0.3, 0.4) is 0 Å². The smallest absolute Gasteiger partial charge is 0.330 e. The molecule has 3 aromatic heterocycles. The third kappa shape index (κ3) is 2.22. The number of piperidine rings is 1. The zero-order chi connectivity index (χ0) is 16.7. The molecule has 1 unspecified atom stereocenters. The van der Waals surface area contributed by atoms with Gasteiger partial charge in [0.15, 0.2) is 11.4 Å². The van der Waals surface area contributed by atoms with Crippen molar-refractivity contribution in [1.29, 1.82) is 0 Å². The van der Waals surface area contributed by atoms with E-state index in [1.807, 2.05) is 0 Å². The highest BCUT2D eigenvalue weighted by molar-refractivity contribution is 5.91. The first-order valence-corrected chi connectivity index (χ1v) is 7.86. The highest BCUT2D eigenvalue weighted by atomic mass is 16.3. The fourth-order valence-corrected chi connectivity index (χ4v) is 3.33. The van der Waals surface area contributed by atoms with Gasteiger partial charge in [-0.1, -0.05) is 0 Å². The molecule has 0 radical (unpaired) electrons. The van der Waals surface area contributed by atoms with Gasteiger partial charge in [0, 0.05) is 20.1 Å². The average molecular weight is 327 g/mol. The van der Waals surface area contributed by atoms with Crippen molar-refractivity contribution in [3.8, 4) is 0 Å². The van der Waals surface area contributed by atoms with E-state index >= 15 is 0 Å². The molecule has 1 atom stereocenters. The van der Waals surface area contributed by atoms with Crippen LogP contribution in [0.4, 0.5) is 0 Å². The van der Waals surface area contributed by atoms with Crippen molar-refractivity contribution in [2.24, 2.45) is 7.05 Å². The summed E-state index contributed by atoms with van der Waals surface area (Å²) in [7, 11) is 1.71. The quantitative estimate of drug-likeness (QED) is 0.706. The van der Waals surface area contributed by atoms with Crippen LogP contribution in [-0.4, -0.2) is 43.0 Å². The second-order valence-electron chi connectivity index (χ2n) is 5.97. The molecule has 0 bridgehead atoms. The molecule has 4 heterocycles. The molecule has 1 saturated heterocycles. The van der Waals surface area contributed by atoms with Gasteiger partial charge in [0.25, 0.3) is 5.91 Å². The lowest BCUT2D eigenvalue weighted by Gasteiger charge is -2.32. The van der Waals surface area contributed by atoms with Gasteiger partial charge in [-0.2, -0.15) is 0 Å². The molecular formula is C16H17N5O3. The van der Waals surface area contributed by atoms with E-state index in [9.17, 15) is 9.59 Å². The monoisotopic (exact) mass is 327 g/mol. The predicted molar refractivity (Wildman–Crippen MR) is 85.7 cm³/mol. The summed E-state index contributed by atoms with van der Waals surface area (Å²) in [5, 5.41) is 0. The topological polar surface area (TPSA) is 86.2 Å². The molecule has 0 N–H and O–H groups in total. The van der Waals surface area contributed by atoms with Gasteiger partial charge in [-0.05, 0) is 25.0 Å². The van der Waals surface area contributed by atoms with E-state index in [-0.39, 0.29) is 17.6 Å². The molecule has 1 fully saturated rings. The summed E-state index contributed by atoms with van der Waals surface area (Å²) in [4.78, 5) is 35.1. The van der Waals surface area contributed by atoms with Gasteiger partial charge in [-0.25, -0.2) is 14.8 Å². The SMILES string of the molecule is Cn1c(=O)n(C2CCCN(C(=O)c3ccco3)C2)c2ncncc21. The third-order valence-corrected chi connectivity index (χ3v) is 4.54. The Kier molecular flexibility index (Phi) is 3.44. The second-order valence-corrected chi connectivity index (χ2v) is 5.97. The van der Waals surface area contributed by atoms with Crippen LogP contribution in [0.25, 0.3) is 11.2 Å². The Morgan fingerprint density at radius 2 is 2.29 bits per heavy atom. The lowest BCUT2D eigenvalue weighted by molar-refractivity contribution is 0.0647. The molecule has 1 aliphatic rings. The number of hydrogen-bond acceptors (Lipinski definition) is 5. The molecule has 0 spiro atoms. The highest BCUT2D eigenvalue weighted by Crippen LogP contribution is 2.24. The van der Waals surface area contributed by atoms with E-state index in [4.69, 9.17) is 4.42 Å². The summed E-state index contributed by atoms with van der Waals surface area (Å²) in [6.07, 6.45) is 6.21. The maximum absolute atomic E-state index is 12.6. The van der Waals surface area contributed by atoms with E-state index in [1.165, 1.54) is 12.6 Å². The van der Waals surface area contributed by atoms with Crippen LogP contribution >= 0.6 is 0 Å². The van der Waals surface area contributed by atoms with Crippen molar-refractivity contribution in [3.05, 3.63) is 47.2 Å². The number of likely N-dealkylation sites (tertiary alicyclic amines) is 1. The van der Waals surface area contributed by atoms with Crippen LogP contribution in [0.2, 0.25) is 0 Å². The Hall–Kier alpha value is -2.90. The van der Waals surface area contributed by atoms with Crippen LogP contribution in [-0.2, 0) is 7.05 Å². The fraction of sp³-hybridized carbons (Fsp3) is 0.375. The van der Waals surface area contributed by atoms with E-state index in [0.29, 0.717) is 30.0 Å². The summed E-state index contributed by atoms with van der Waals surface area (Å²) in [6, 6.07) is 3.24. The Morgan fingerprint density at radius 3 is 3.08 bits per heavy atom. The Morgan fingerprint density at radius 1 is 1.42 bits per heavy atom. The summed E-state index contributed by atoms with van der Waals surface area (Å²) >= 11 is 0. The zero-order valence-corrected chi connectivity index (χ0v) is 13.3. The van der Waals surface area contributed by atoms with Gasteiger partial charge in [0.1, 0.15) is 11.8 Å². The first-order chi connectivity index (χ1) is 11.7. The van der Waals surface area contributed by atoms with Crippen molar-refractivity contribution in [2.45, 2.75) is 18.9 Å². The Balaban J connectivity index is 1.69. The van der Waals surface area contributed by atoms with Crippen LogP contribution < -0.4 is 5.69 Å².